The molecular weight excluding hydrogens is 256 g/mol. The van der Waals surface area contributed by atoms with Crippen LogP contribution >= 0.6 is 11.6 Å². The number of nitrogens with zero attached hydrogens (tertiary/aromatic N) is 1. The standard InChI is InChI=1S/C16H25ClN2/c1-16(2)7-3-10-19(11-8-16)15-5-4-13(6-9-18)12-14(15)17/h4-5,12H,3,6-11,18H2,1-2H3. The lowest BCUT2D eigenvalue weighted by atomic mass is 9.85. The lowest BCUT2D eigenvalue weighted by Crippen LogP contribution is -2.25. The predicted molar refractivity (Wildman–Crippen MR) is 84.1 cm³/mol. The van der Waals surface area contributed by atoms with Gasteiger partial charge in [0.05, 0.1) is 10.7 Å². The normalized spacial score (nSPS) is 19.3. The predicted octanol–water partition coefficient (Wildman–Crippen LogP) is 3.86. The van der Waals surface area contributed by atoms with E-state index in [0.29, 0.717) is 12.0 Å². The van der Waals surface area contributed by atoms with Gasteiger partial charge in [-0.1, -0.05) is 31.5 Å². The second kappa shape index (κ2) is 6.15. The summed E-state index contributed by atoms with van der Waals surface area (Å²) in [6.07, 6.45) is 4.67. The van der Waals surface area contributed by atoms with Crippen molar-refractivity contribution in [3.63, 3.8) is 0 Å². The first-order valence-corrected chi connectivity index (χ1v) is 7.63. The first-order valence-electron chi connectivity index (χ1n) is 7.25. The van der Waals surface area contributed by atoms with E-state index in [9.17, 15) is 0 Å². The van der Waals surface area contributed by atoms with Gasteiger partial charge in [-0.3, -0.25) is 0 Å². The quantitative estimate of drug-likeness (QED) is 0.911. The van der Waals surface area contributed by atoms with Gasteiger partial charge >= 0.3 is 0 Å². The summed E-state index contributed by atoms with van der Waals surface area (Å²) in [7, 11) is 0. The third kappa shape index (κ3) is 3.87. The van der Waals surface area contributed by atoms with Crippen molar-refractivity contribution in [2.75, 3.05) is 24.5 Å². The maximum Gasteiger partial charge on any atom is 0.0642 e. The van der Waals surface area contributed by atoms with Gasteiger partial charge in [0.2, 0.25) is 0 Å². The number of benzene rings is 1. The average molecular weight is 281 g/mol. The Morgan fingerprint density at radius 1 is 1.26 bits per heavy atom. The molecule has 1 heterocycles. The van der Waals surface area contributed by atoms with Crippen LogP contribution < -0.4 is 10.6 Å². The van der Waals surface area contributed by atoms with E-state index in [4.69, 9.17) is 17.3 Å². The Hall–Kier alpha value is -0.730. The van der Waals surface area contributed by atoms with Crippen molar-refractivity contribution in [2.45, 2.75) is 39.5 Å². The fourth-order valence-electron chi connectivity index (χ4n) is 2.79. The van der Waals surface area contributed by atoms with Gasteiger partial charge in [-0.05, 0) is 55.3 Å². The van der Waals surface area contributed by atoms with Gasteiger partial charge in [0.1, 0.15) is 0 Å². The molecule has 0 spiro atoms. The van der Waals surface area contributed by atoms with Crippen LogP contribution in [0.2, 0.25) is 5.02 Å². The van der Waals surface area contributed by atoms with Crippen molar-refractivity contribution in [3.8, 4) is 0 Å². The topological polar surface area (TPSA) is 29.3 Å². The van der Waals surface area contributed by atoms with Crippen molar-refractivity contribution in [1.29, 1.82) is 0 Å². The number of halogens is 1. The summed E-state index contributed by atoms with van der Waals surface area (Å²) < 4.78 is 0. The molecule has 0 aliphatic carbocycles. The number of anilines is 1. The third-order valence-electron chi connectivity index (χ3n) is 4.13. The van der Waals surface area contributed by atoms with Gasteiger partial charge in [-0.15, -0.1) is 0 Å². The molecule has 0 saturated carbocycles. The second-order valence-corrected chi connectivity index (χ2v) is 6.74. The molecule has 1 aromatic carbocycles. The largest absolute Gasteiger partial charge is 0.370 e. The van der Waals surface area contributed by atoms with Gasteiger partial charge in [-0.25, -0.2) is 0 Å². The summed E-state index contributed by atoms with van der Waals surface area (Å²) in [5.41, 5.74) is 8.46. The van der Waals surface area contributed by atoms with Crippen molar-refractivity contribution < 1.29 is 0 Å². The summed E-state index contributed by atoms with van der Waals surface area (Å²) >= 11 is 6.44. The zero-order valence-electron chi connectivity index (χ0n) is 12.1. The molecule has 0 amide bonds. The van der Waals surface area contributed by atoms with E-state index in [2.05, 4.69) is 36.9 Å². The fraction of sp³-hybridized carbons (Fsp3) is 0.625. The molecule has 2 nitrogen and oxygen atoms in total. The lowest BCUT2D eigenvalue weighted by molar-refractivity contribution is 0.325. The van der Waals surface area contributed by atoms with Gasteiger partial charge in [0, 0.05) is 13.1 Å². The minimum atomic E-state index is 0.459. The zero-order chi connectivity index (χ0) is 13.9. The third-order valence-corrected chi connectivity index (χ3v) is 4.43. The Bertz CT molecular complexity index is 429. The Morgan fingerprint density at radius 2 is 2.05 bits per heavy atom. The Labute approximate surface area is 121 Å². The summed E-state index contributed by atoms with van der Waals surface area (Å²) in [5, 5.41) is 0.866. The van der Waals surface area contributed by atoms with E-state index < -0.39 is 0 Å². The molecule has 2 N–H and O–H groups in total. The van der Waals surface area contributed by atoms with Crippen LogP contribution in [0.25, 0.3) is 0 Å². The summed E-state index contributed by atoms with van der Waals surface area (Å²) in [6.45, 7) is 7.61. The molecule has 0 atom stereocenters. The fourth-order valence-corrected chi connectivity index (χ4v) is 3.12. The number of hydrogen-bond acceptors (Lipinski definition) is 2. The smallest absolute Gasteiger partial charge is 0.0642 e. The van der Waals surface area contributed by atoms with Crippen LogP contribution in [0.15, 0.2) is 18.2 Å². The van der Waals surface area contributed by atoms with E-state index in [-0.39, 0.29) is 0 Å². The minimum Gasteiger partial charge on any atom is -0.370 e. The van der Waals surface area contributed by atoms with Crippen molar-refractivity contribution in [3.05, 3.63) is 28.8 Å². The molecule has 1 aliphatic rings. The number of hydrogen-bond donors (Lipinski definition) is 1. The Kier molecular flexibility index (Phi) is 4.75. The summed E-state index contributed by atoms with van der Waals surface area (Å²) in [5.74, 6) is 0. The van der Waals surface area contributed by atoms with E-state index >= 15 is 0 Å². The Balaban J connectivity index is 2.13. The van der Waals surface area contributed by atoms with Crippen LogP contribution in [0.4, 0.5) is 5.69 Å². The van der Waals surface area contributed by atoms with Gasteiger partial charge in [0.25, 0.3) is 0 Å². The molecule has 0 radical (unpaired) electrons. The van der Waals surface area contributed by atoms with Gasteiger partial charge in [0.15, 0.2) is 0 Å². The average Bonchev–Trinajstić information content (AvgIpc) is 2.51. The van der Waals surface area contributed by atoms with Crippen LogP contribution in [-0.2, 0) is 6.42 Å². The van der Waals surface area contributed by atoms with E-state index in [0.717, 1.165) is 24.5 Å². The van der Waals surface area contributed by atoms with Gasteiger partial charge < -0.3 is 10.6 Å². The van der Waals surface area contributed by atoms with E-state index in [1.807, 2.05) is 0 Å². The summed E-state index contributed by atoms with van der Waals surface area (Å²) in [4.78, 5) is 2.43. The molecule has 1 aliphatic heterocycles. The first kappa shape index (κ1) is 14.7. The molecule has 1 fully saturated rings. The monoisotopic (exact) mass is 280 g/mol. The number of nitrogens with two attached hydrogens (primary N) is 1. The molecule has 0 unspecified atom stereocenters. The molecule has 106 valence electrons. The molecule has 0 bridgehead atoms. The lowest BCUT2D eigenvalue weighted by Gasteiger charge is -2.26. The molecule has 3 heteroatoms. The minimum absolute atomic E-state index is 0.459. The molecule has 1 saturated heterocycles. The van der Waals surface area contributed by atoms with Crippen LogP contribution in [0, 0.1) is 5.41 Å². The van der Waals surface area contributed by atoms with Crippen LogP contribution in [0.5, 0.6) is 0 Å². The van der Waals surface area contributed by atoms with Crippen LogP contribution in [0.3, 0.4) is 0 Å². The van der Waals surface area contributed by atoms with Crippen molar-refractivity contribution in [1.82, 2.24) is 0 Å². The highest BCUT2D eigenvalue weighted by molar-refractivity contribution is 6.33. The van der Waals surface area contributed by atoms with Crippen molar-refractivity contribution >= 4 is 17.3 Å². The van der Waals surface area contributed by atoms with E-state index in [1.54, 1.807) is 0 Å². The number of rotatable bonds is 3. The second-order valence-electron chi connectivity index (χ2n) is 6.33. The molecule has 0 aromatic heterocycles. The highest BCUT2D eigenvalue weighted by Gasteiger charge is 2.23. The maximum absolute atomic E-state index is 6.44. The molecule has 1 aromatic rings. The van der Waals surface area contributed by atoms with E-state index in [1.165, 1.54) is 30.5 Å². The van der Waals surface area contributed by atoms with Crippen LogP contribution in [-0.4, -0.2) is 19.6 Å². The van der Waals surface area contributed by atoms with Gasteiger partial charge in [-0.2, -0.15) is 0 Å². The Morgan fingerprint density at radius 3 is 2.74 bits per heavy atom. The zero-order valence-corrected chi connectivity index (χ0v) is 12.8. The van der Waals surface area contributed by atoms with Crippen LogP contribution in [0.1, 0.15) is 38.7 Å². The molecular formula is C16H25ClN2. The highest BCUT2D eigenvalue weighted by atomic mass is 35.5. The highest BCUT2D eigenvalue weighted by Crippen LogP contribution is 2.34. The van der Waals surface area contributed by atoms with Crippen molar-refractivity contribution in [2.24, 2.45) is 11.1 Å². The summed E-state index contributed by atoms with van der Waals surface area (Å²) in [6, 6.07) is 6.38. The maximum atomic E-state index is 6.44. The molecule has 2 rings (SSSR count). The SMILES string of the molecule is CC1(C)CCCN(c2ccc(CCN)cc2Cl)CC1. The first-order chi connectivity index (χ1) is 9.02. The molecule has 19 heavy (non-hydrogen) atoms.